The van der Waals surface area contributed by atoms with Crippen molar-refractivity contribution in [3.63, 3.8) is 0 Å². The number of nitrogens with one attached hydrogen (secondary N) is 1. The van der Waals surface area contributed by atoms with Crippen LogP contribution >= 0.6 is 12.2 Å². The van der Waals surface area contributed by atoms with E-state index in [2.05, 4.69) is 17.4 Å². The fourth-order valence-corrected chi connectivity index (χ4v) is 3.73. The summed E-state index contributed by atoms with van der Waals surface area (Å²) in [6.07, 6.45) is -0.541. The third-order valence-electron chi connectivity index (χ3n) is 5.23. The summed E-state index contributed by atoms with van der Waals surface area (Å²) in [6, 6.07) is 27.6. The van der Waals surface area contributed by atoms with E-state index >= 15 is 0 Å². The van der Waals surface area contributed by atoms with Crippen molar-refractivity contribution in [3.05, 3.63) is 102 Å². The molecular formula is C27H29NO4S. The average Bonchev–Trinajstić information content (AvgIpc) is 2.85. The van der Waals surface area contributed by atoms with Gasteiger partial charge in [-0.15, -0.1) is 0 Å². The van der Waals surface area contributed by atoms with Crippen molar-refractivity contribution in [2.24, 2.45) is 0 Å². The average molecular weight is 464 g/mol. The first-order valence-corrected chi connectivity index (χ1v) is 11.4. The summed E-state index contributed by atoms with van der Waals surface area (Å²) < 4.78 is 11.4. The van der Waals surface area contributed by atoms with Gasteiger partial charge in [0.15, 0.2) is 6.10 Å². The van der Waals surface area contributed by atoms with Gasteiger partial charge in [-0.05, 0) is 35.7 Å². The van der Waals surface area contributed by atoms with Crippen LogP contribution in [0.4, 0.5) is 0 Å². The van der Waals surface area contributed by atoms with Gasteiger partial charge in [-0.3, -0.25) is 0 Å². The standard InChI is InChI=1S/C27H29NO4S/c1-2-31-25(27(29)30)17-20-13-15-23(16-14-20)32-19-24(22-11-7-4-8-12-22)26(33)28-18-21-9-5-3-6-10-21/h3-16,24-25H,2,17-19H2,1H3,(H,28,33)(H,29,30)/t24-,25-/m0/s1. The van der Waals surface area contributed by atoms with Gasteiger partial charge in [0.25, 0.3) is 0 Å². The first-order chi connectivity index (χ1) is 16.1. The van der Waals surface area contributed by atoms with Crippen molar-refractivity contribution >= 4 is 23.2 Å². The number of carboxylic acids is 1. The van der Waals surface area contributed by atoms with Gasteiger partial charge in [0.05, 0.1) is 10.9 Å². The first kappa shape index (κ1) is 24.4. The SMILES string of the molecule is CCO[C@@H](Cc1ccc(OC[C@H](C(=S)NCc2ccccc2)c2ccccc2)cc1)C(=O)O. The van der Waals surface area contributed by atoms with Gasteiger partial charge in [-0.2, -0.15) is 0 Å². The van der Waals surface area contributed by atoms with Crippen LogP contribution in [0.1, 0.15) is 29.5 Å². The molecule has 33 heavy (non-hydrogen) atoms. The number of carbonyl (C=O) groups is 1. The molecule has 6 heteroatoms. The maximum Gasteiger partial charge on any atom is 0.333 e. The van der Waals surface area contributed by atoms with E-state index in [0.29, 0.717) is 31.9 Å². The van der Waals surface area contributed by atoms with Crippen LogP contribution in [0, 0.1) is 0 Å². The fourth-order valence-electron chi connectivity index (χ4n) is 3.45. The molecule has 3 aromatic carbocycles. The van der Waals surface area contributed by atoms with E-state index < -0.39 is 12.1 Å². The summed E-state index contributed by atoms with van der Waals surface area (Å²) >= 11 is 5.73. The van der Waals surface area contributed by atoms with E-state index in [-0.39, 0.29) is 5.92 Å². The van der Waals surface area contributed by atoms with E-state index in [1.54, 1.807) is 6.92 Å². The Hall–Kier alpha value is -3.22. The van der Waals surface area contributed by atoms with Crippen molar-refractivity contribution in [1.82, 2.24) is 5.32 Å². The van der Waals surface area contributed by atoms with E-state index in [9.17, 15) is 9.90 Å². The summed E-state index contributed by atoms with van der Waals surface area (Å²) in [6.45, 7) is 3.19. The molecule has 172 valence electrons. The molecule has 0 saturated carbocycles. The highest BCUT2D eigenvalue weighted by atomic mass is 32.1. The Morgan fingerprint density at radius 2 is 1.58 bits per heavy atom. The van der Waals surface area contributed by atoms with Gasteiger partial charge in [0.1, 0.15) is 12.4 Å². The molecular weight excluding hydrogens is 434 g/mol. The zero-order valence-corrected chi connectivity index (χ0v) is 19.5. The first-order valence-electron chi connectivity index (χ1n) is 11.0. The Balaban J connectivity index is 1.63. The number of ether oxygens (including phenoxy) is 2. The van der Waals surface area contributed by atoms with E-state index in [4.69, 9.17) is 21.7 Å². The number of aliphatic carboxylic acids is 1. The van der Waals surface area contributed by atoms with E-state index in [1.807, 2.05) is 72.8 Å². The van der Waals surface area contributed by atoms with E-state index in [1.165, 1.54) is 0 Å². The third kappa shape index (κ3) is 7.70. The summed E-state index contributed by atoms with van der Waals surface area (Å²) in [5.41, 5.74) is 3.12. The zero-order valence-electron chi connectivity index (χ0n) is 18.6. The second-order valence-corrected chi connectivity index (χ2v) is 8.05. The number of benzene rings is 3. The second-order valence-electron chi connectivity index (χ2n) is 7.61. The maximum absolute atomic E-state index is 11.3. The molecule has 0 aliphatic heterocycles. The normalized spacial score (nSPS) is 12.5. The molecule has 0 aliphatic carbocycles. The van der Waals surface area contributed by atoms with Gasteiger partial charge < -0.3 is 19.9 Å². The van der Waals surface area contributed by atoms with E-state index in [0.717, 1.165) is 21.7 Å². The molecule has 3 rings (SSSR count). The Morgan fingerprint density at radius 1 is 0.939 bits per heavy atom. The van der Waals surface area contributed by atoms with Crippen molar-refractivity contribution < 1.29 is 19.4 Å². The molecule has 0 aromatic heterocycles. The predicted octanol–water partition coefficient (Wildman–Crippen LogP) is 5.00. The van der Waals surface area contributed by atoms with Crippen molar-refractivity contribution in [2.75, 3.05) is 13.2 Å². The van der Waals surface area contributed by atoms with Crippen LogP contribution < -0.4 is 10.1 Å². The molecule has 3 aromatic rings. The summed E-state index contributed by atoms with van der Waals surface area (Å²) in [5.74, 6) is -0.354. The van der Waals surface area contributed by atoms with Crippen LogP contribution in [0.3, 0.4) is 0 Å². The van der Waals surface area contributed by atoms with Crippen molar-refractivity contribution in [3.8, 4) is 5.75 Å². The molecule has 0 radical (unpaired) electrons. The zero-order chi connectivity index (χ0) is 23.5. The Bertz CT molecular complexity index is 1010. The third-order valence-corrected chi connectivity index (χ3v) is 5.66. The lowest BCUT2D eigenvalue weighted by atomic mass is 9.99. The smallest absolute Gasteiger partial charge is 0.333 e. The van der Waals surface area contributed by atoms with Crippen LogP contribution in [0.25, 0.3) is 0 Å². The molecule has 2 atom stereocenters. The fraction of sp³-hybridized carbons (Fsp3) is 0.259. The number of hydrogen-bond acceptors (Lipinski definition) is 4. The topological polar surface area (TPSA) is 67.8 Å². The quantitative estimate of drug-likeness (QED) is 0.369. The highest BCUT2D eigenvalue weighted by Gasteiger charge is 2.19. The minimum absolute atomic E-state index is 0.0982. The molecule has 0 aliphatic rings. The molecule has 0 fully saturated rings. The van der Waals surface area contributed by atoms with Crippen LogP contribution in [0.15, 0.2) is 84.9 Å². The summed E-state index contributed by atoms with van der Waals surface area (Å²) in [7, 11) is 0. The molecule has 0 amide bonds. The Kier molecular flexibility index (Phi) is 9.42. The highest BCUT2D eigenvalue weighted by Crippen LogP contribution is 2.21. The molecule has 0 heterocycles. The lowest BCUT2D eigenvalue weighted by Gasteiger charge is -2.21. The van der Waals surface area contributed by atoms with Gasteiger partial charge in [-0.25, -0.2) is 4.79 Å². The van der Waals surface area contributed by atoms with Gasteiger partial charge >= 0.3 is 5.97 Å². The van der Waals surface area contributed by atoms with Gasteiger partial charge in [0.2, 0.25) is 0 Å². The van der Waals surface area contributed by atoms with Crippen molar-refractivity contribution in [1.29, 1.82) is 0 Å². The number of rotatable bonds is 12. The second kappa shape index (κ2) is 12.7. The summed E-state index contributed by atoms with van der Waals surface area (Å²) in [5, 5.41) is 12.6. The van der Waals surface area contributed by atoms with Crippen LogP contribution in [-0.2, 0) is 22.5 Å². The minimum atomic E-state index is -0.959. The Labute approximate surface area is 200 Å². The minimum Gasteiger partial charge on any atom is -0.493 e. The number of carboxylic acid groups (broad SMARTS) is 1. The predicted molar refractivity (Wildman–Crippen MR) is 134 cm³/mol. The molecule has 2 N–H and O–H groups in total. The Morgan fingerprint density at radius 3 is 2.18 bits per heavy atom. The van der Waals surface area contributed by atoms with Crippen LogP contribution in [0.2, 0.25) is 0 Å². The van der Waals surface area contributed by atoms with Crippen LogP contribution in [0.5, 0.6) is 5.75 Å². The highest BCUT2D eigenvalue weighted by molar-refractivity contribution is 7.80. The molecule has 0 bridgehead atoms. The lowest BCUT2D eigenvalue weighted by molar-refractivity contribution is -0.149. The number of thiocarbonyl (C=S) groups is 1. The van der Waals surface area contributed by atoms with Gasteiger partial charge in [-0.1, -0.05) is 85.0 Å². The monoisotopic (exact) mass is 463 g/mol. The van der Waals surface area contributed by atoms with Crippen molar-refractivity contribution in [2.45, 2.75) is 31.9 Å². The summed E-state index contributed by atoms with van der Waals surface area (Å²) in [4.78, 5) is 12.0. The van der Waals surface area contributed by atoms with Gasteiger partial charge in [0, 0.05) is 19.6 Å². The maximum atomic E-state index is 11.3. The molecule has 0 saturated heterocycles. The largest absolute Gasteiger partial charge is 0.493 e. The molecule has 5 nitrogen and oxygen atoms in total. The molecule has 0 unspecified atom stereocenters. The number of hydrogen-bond donors (Lipinski definition) is 2. The molecule has 0 spiro atoms. The van der Waals surface area contributed by atoms with Crippen LogP contribution in [-0.4, -0.2) is 35.4 Å². The lowest BCUT2D eigenvalue weighted by Crippen LogP contribution is -2.30.